The number of para-hydroxylation sites is 1. The van der Waals surface area contributed by atoms with E-state index >= 15 is 0 Å². The van der Waals surface area contributed by atoms with Gasteiger partial charge in [0.2, 0.25) is 0 Å². The van der Waals surface area contributed by atoms with Crippen LogP contribution in [0.15, 0.2) is 39.5 Å². The van der Waals surface area contributed by atoms with Gasteiger partial charge >= 0.3 is 5.63 Å². The molecule has 0 N–H and O–H groups in total. The van der Waals surface area contributed by atoms with Crippen molar-refractivity contribution >= 4 is 11.0 Å². The zero-order valence-electron chi connectivity index (χ0n) is 6.11. The summed E-state index contributed by atoms with van der Waals surface area (Å²) in [5.41, 5.74) is -0.256. The van der Waals surface area contributed by atoms with Gasteiger partial charge in [0.25, 0.3) is 0 Å². The Hall–Kier alpha value is -1.77. The number of hydrogen-bond donors (Lipinski definition) is 0. The first-order chi connectivity index (χ1) is 5.77. The van der Waals surface area contributed by atoms with Crippen molar-refractivity contribution in [3.05, 3.63) is 40.8 Å². The van der Waals surface area contributed by atoms with Crippen LogP contribution in [0, 0.1) is 0 Å². The standard InChI is InChI=1S/C9H6O3/c10-7-5-9(11)12-8-4-2-1-3-6(7)8/h1-5,10H/p-1/i9+1. The average Bonchev–Trinajstić information content (AvgIpc) is 2.04. The first-order valence-electron chi connectivity index (χ1n) is 3.47. The second-order valence-corrected chi connectivity index (χ2v) is 2.43. The zero-order valence-corrected chi connectivity index (χ0v) is 6.11. The number of rotatable bonds is 0. The second-order valence-electron chi connectivity index (χ2n) is 2.43. The van der Waals surface area contributed by atoms with Crippen LogP contribution in [0.2, 0.25) is 0 Å². The van der Waals surface area contributed by atoms with E-state index in [1.165, 1.54) is 0 Å². The van der Waals surface area contributed by atoms with Crippen LogP contribution in [0.1, 0.15) is 0 Å². The van der Waals surface area contributed by atoms with Crippen molar-refractivity contribution in [2.24, 2.45) is 0 Å². The van der Waals surface area contributed by atoms with Crippen LogP contribution in [0.25, 0.3) is 11.0 Å². The molecule has 0 atom stereocenters. The Bertz CT molecular complexity index is 470. The SMILES string of the molecule is O=[13c]1cc([O-])c2ccccc2o1. The molecule has 0 aliphatic rings. The van der Waals surface area contributed by atoms with E-state index in [0.717, 1.165) is 6.07 Å². The predicted molar refractivity (Wildman–Crippen MR) is 41.9 cm³/mol. The predicted octanol–water partition coefficient (Wildman–Crippen LogP) is 0.867. The van der Waals surface area contributed by atoms with Crippen LogP contribution >= 0.6 is 0 Å². The van der Waals surface area contributed by atoms with Crippen molar-refractivity contribution in [3.63, 3.8) is 0 Å². The van der Waals surface area contributed by atoms with Crippen molar-refractivity contribution in [2.45, 2.75) is 0 Å². The fraction of sp³-hybridized carbons (Fsp3) is 0. The molecule has 0 amide bonds. The Labute approximate surface area is 67.9 Å². The molecule has 0 unspecified atom stereocenters. The molecule has 60 valence electrons. The lowest BCUT2D eigenvalue weighted by Gasteiger charge is -2.06. The fourth-order valence-electron chi connectivity index (χ4n) is 1.08. The van der Waals surface area contributed by atoms with E-state index in [1.54, 1.807) is 24.3 Å². The van der Waals surface area contributed by atoms with Gasteiger partial charge in [-0.1, -0.05) is 23.9 Å². The lowest BCUT2D eigenvalue weighted by Crippen LogP contribution is -2.01. The highest BCUT2D eigenvalue weighted by Gasteiger charge is 1.95. The maximum absolute atomic E-state index is 11.1. The van der Waals surface area contributed by atoms with Gasteiger partial charge in [-0.15, -0.1) is 0 Å². The molecule has 0 bridgehead atoms. The zero-order chi connectivity index (χ0) is 8.55. The molecule has 3 heteroatoms. The summed E-state index contributed by atoms with van der Waals surface area (Å²) < 4.78 is 4.79. The van der Waals surface area contributed by atoms with Gasteiger partial charge in [-0.25, -0.2) is 4.79 Å². The minimum absolute atomic E-state index is 0.290. The van der Waals surface area contributed by atoms with Crippen LogP contribution in [0.4, 0.5) is 0 Å². The molecule has 0 aliphatic heterocycles. The minimum atomic E-state index is -0.598. The summed E-state index contributed by atoms with van der Waals surface area (Å²) in [6.07, 6.45) is 0. The normalized spacial score (nSPS) is 10.3. The van der Waals surface area contributed by atoms with Crippen LogP contribution < -0.4 is 10.7 Å². The summed E-state index contributed by atoms with van der Waals surface area (Å²) in [6.45, 7) is 0. The molecule has 0 fully saturated rings. The molecular formula is C9H5O3-. The molecule has 0 saturated carbocycles. The average molecular weight is 162 g/mol. The Kier molecular flexibility index (Phi) is 1.37. The van der Waals surface area contributed by atoms with Crippen molar-refractivity contribution in [1.29, 1.82) is 0 Å². The van der Waals surface area contributed by atoms with Crippen LogP contribution in [0.3, 0.4) is 0 Å². The number of benzene rings is 1. The molecule has 1 aromatic heterocycles. The van der Waals surface area contributed by atoms with Gasteiger partial charge in [0.05, 0.1) is 0 Å². The lowest BCUT2D eigenvalue weighted by molar-refractivity contribution is -0.266. The minimum Gasteiger partial charge on any atom is -0.872 e. The molecule has 12 heavy (non-hydrogen) atoms. The van der Waals surface area contributed by atoms with Crippen molar-refractivity contribution in [2.75, 3.05) is 0 Å². The third-order valence-electron chi connectivity index (χ3n) is 1.61. The van der Waals surface area contributed by atoms with Gasteiger partial charge < -0.3 is 9.52 Å². The molecule has 1 heterocycles. The summed E-state index contributed by atoms with van der Waals surface area (Å²) in [5.74, 6) is -0.290. The summed E-state index contributed by atoms with van der Waals surface area (Å²) >= 11 is 0. The van der Waals surface area contributed by atoms with Gasteiger partial charge in [0, 0.05) is 11.5 Å². The molecule has 3 nitrogen and oxygen atoms in total. The summed E-state index contributed by atoms with van der Waals surface area (Å²) in [7, 11) is 0. The van der Waals surface area contributed by atoms with E-state index in [4.69, 9.17) is 4.42 Å². The highest BCUT2D eigenvalue weighted by Crippen LogP contribution is 2.18. The number of fused-ring (bicyclic) bond motifs is 1. The Morgan fingerprint density at radius 2 is 2.00 bits per heavy atom. The van der Waals surface area contributed by atoms with Gasteiger partial charge in [-0.2, -0.15) is 0 Å². The largest absolute Gasteiger partial charge is 0.872 e. The van der Waals surface area contributed by atoms with Gasteiger partial charge in [-0.05, 0) is 6.07 Å². The number of hydrogen-bond acceptors (Lipinski definition) is 3. The third kappa shape index (κ3) is 0.955. The first-order valence-corrected chi connectivity index (χ1v) is 3.47. The highest BCUT2D eigenvalue weighted by atomic mass is 16.5. The smallest absolute Gasteiger partial charge is 0.335 e. The van der Waals surface area contributed by atoms with Gasteiger partial charge in [0.15, 0.2) is 0 Å². The van der Waals surface area contributed by atoms with E-state index in [0.29, 0.717) is 11.0 Å². The molecule has 2 rings (SSSR count). The van der Waals surface area contributed by atoms with Crippen molar-refractivity contribution in [1.82, 2.24) is 0 Å². The van der Waals surface area contributed by atoms with E-state index in [1.807, 2.05) is 0 Å². The maximum atomic E-state index is 11.1. The molecule has 0 spiro atoms. The van der Waals surface area contributed by atoms with Crippen molar-refractivity contribution in [3.8, 4) is 5.75 Å². The van der Waals surface area contributed by atoms with Crippen molar-refractivity contribution < 1.29 is 9.52 Å². The Balaban J connectivity index is 2.99. The van der Waals surface area contributed by atoms with Crippen LogP contribution in [0.5, 0.6) is 5.75 Å². The quantitative estimate of drug-likeness (QED) is 0.540. The van der Waals surface area contributed by atoms with E-state index in [2.05, 4.69) is 0 Å². The van der Waals surface area contributed by atoms with E-state index in [-0.39, 0.29) is 5.75 Å². The molecule has 0 saturated heterocycles. The Morgan fingerprint density at radius 1 is 1.25 bits per heavy atom. The summed E-state index contributed by atoms with van der Waals surface area (Å²) in [4.78, 5) is 10.7. The van der Waals surface area contributed by atoms with Crippen LogP contribution in [-0.4, -0.2) is 0 Å². The molecular weight excluding hydrogens is 157 g/mol. The summed E-state index contributed by atoms with van der Waals surface area (Å²) in [6, 6.07) is 7.61. The monoisotopic (exact) mass is 162 g/mol. The summed E-state index contributed by atoms with van der Waals surface area (Å²) in [5, 5.41) is 11.6. The maximum Gasteiger partial charge on any atom is 0.335 e. The molecule has 0 radical (unpaired) electrons. The van der Waals surface area contributed by atoms with Gasteiger partial charge in [-0.3, -0.25) is 0 Å². The van der Waals surface area contributed by atoms with E-state index < -0.39 is 5.63 Å². The topological polar surface area (TPSA) is 53.3 Å². The molecule has 1 aromatic carbocycles. The second kappa shape index (κ2) is 2.37. The Morgan fingerprint density at radius 3 is 2.83 bits per heavy atom. The molecule has 0 aliphatic carbocycles. The van der Waals surface area contributed by atoms with E-state index in [9.17, 15) is 9.90 Å². The van der Waals surface area contributed by atoms with Gasteiger partial charge in [0.1, 0.15) is 5.58 Å². The third-order valence-corrected chi connectivity index (χ3v) is 1.61. The molecule has 2 aromatic rings. The van der Waals surface area contributed by atoms with Crippen LogP contribution in [-0.2, 0) is 0 Å². The highest BCUT2D eigenvalue weighted by molar-refractivity contribution is 5.81. The lowest BCUT2D eigenvalue weighted by atomic mass is 10.2. The first kappa shape index (κ1) is 6.91. The fourth-order valence-corrected chi connectivity index (χ4v) is 1.08.